The number of amides is 1. The van der Waals surface area contributed by atoms with Crippen LogP contribution in [0, 0.1) is 26.6 Å². The summed E-state index contributed by atoms with van der Waals surface area (Å²) in [5, 5.41) is 15.2. The molecule has 1 aliphatic rings. The van der Waals surface area contributed by atoms with Crippen LogP contribution in [0.25, 0.3) is 54.4 Å². The highest BCUT2D eigenvalue weighted by molar-refractivity contribution is 7.13. The van der Waals surface area contributed by atoms with Crippen molar-refractivity contribution in [2.75, 3.05) is 119 Å². The average Bonchev–Trinajstić information content (AvgIpc) is 4.34. The quantitative estimate of drug-likeness (QED) is 0.0386. The number of halogens is 1. The molecule has 4 aromatic heterocycles. The number of thiophene rings is 1. The van der Waals surface area contributed by atoms with E-state index in [1.165, 1.54) is 49.4 Å². The molecule has 0 spiro atoms. The van der Waals surface area contributed by atoms with E-state index in [9.17, 15) is 4.79 Å². The van der Waals surface area contributed by atoms with Gasteiger partial charge in [0.05, 0.1) is 96.0 Å². The van der Waals surface area contributed by atoms with Gasteiger partial charge in [0.15, 0.2) is 18.2 Å². The third-order valence-electron chi connectivity index (χ3n) is 14.0. The van der Waals surface area contributed by atoms with Crippen molar-refractivity contribution in [1.29, 1.82) is 0 Å². The Hall–Kier alpha value is -6.06. The number of aromatic nitrogens is 4. The molecule has 5 heterocycles. The number of carbonyl (C=O) groups is 1. The number of carbonyl (C=O) groups excluding carboxylic acids is 1. The Bertz CT molecular complexity index is 3180. The predicted molar refractivity (Wildman–Crippen MR) is 303 cm³/mol. The zero-order chi connectivity index (χ0) is 54.1. The number of aryl methyl sites for hydroxylation is 6. The molecular weight excluding hydrogens is 1010 g/mol. The Morgan fingerprint density at radius 3 is 2.10 bits per heavy atom. The van der Waals surface area contributed by atoms with Crippen molar-refractivity contribution in [2.45, 2.75) is 60.2 Å². The molecule has 1 amide bonds. The third kappa shape index (κ3) is 15.2. The first kappa shape index (κ1) is 56.7. The highest BCUT2D eigenvalue weighted by Crippen LogP contribution is 2.35. The Morgan fingerprint density at radius 2 is 1.41 bits per heavy atom. The molecule has 8 aromatic rings. The molecule has 0 radical (unpaired) electrons. The van der Waals surface area contributed by atoms with E-state index in [-0.39, 0.29) is 24.8 Å². The molecule has 0 bridgehead atoms. The molecule has 4 aromatic carbocycles. The molecular formula is C60H74FN7O9S. The number of rotatable bonds is 32. The fourth-order valence-corrected chi connectivity index (χ4v) is 10.9. The standard InChI is InChI=1S/C60H74FN7O9S/c1-5-67-53-12-6-46(35-50(53)49-11-9-47(38-55(49)67)57-34-42(2)41-78-57)39-62-16-22-70-26-28-73-30-32-75-33-31-74-29-27-71-23-17-63-59(69)40-76-56-14-7-45(36-51(56)61)8-15-58-64-52-37-48(60-43(3)65-77-44(60)4)10-13-54(52)68(58)19-18-66-20-24-72-25-21-66/h6-7,9-14,34-38,41,62H,5,8,15-33,39-40H2,1-4H3,(H,63,69). The largest absolute Gasteiger partial charge is 0.481 e. The van der Waals surface area contributed by atoms with Gasteiger partial charge in [-0.05, 0) is 116 Å². The second-order valence-electron chi connectivity index (χ2n) is 19.5. The lowest BCUT2D eigenvalue weighted by molar-refractivity contribution is -0.123. The molecule has 1 saturated heterocycles. The number of nitrogens with zero attached hydrogens (tertiary/aromatic N) is 5. The van der Waals surface area contributed by atoms with Crippen molar-refractivity contribution in [3.63, 3.8) is 0 Å². The second kappa shape index (κ2) is 28.7. The number of fused-ring (bicyclic) bond motifs is 4. The zero-order valence-corrected chi connectivity index (χ0v) is 46.4. The van der Waals surface area contributed by atoms with Crippen LogP contribution in [0.15, 0.2) is 88.8 Å². The van der Waals surface area contributed by atoms with Gasteiger partial charge in [-0.1, -0.05) is 35.5 Å². The summed E-state index contributed by atoms with van der Waals surface area (Å²) in [4.78, 5) is 21.3. The number of benzene rings is 4. The van der Waals surface area contributed by atoms with Gasteiger partial charge < -0.3 is 57.4 Å². The maximum Gasteiger partial charge on any atom is 0.258 e. The molecule has 1 fully saturated rings. The number of morpholine rings is 1. The lowest BCUT2D eigenvalue weighted by atomic mass is 10.0. The Kier molecular flexibility index (Phi) is 20.9. The van der Waals surface area contributed by atoms with Crippen LogP contribution >= 0.6 is 11.3 Å². The van der Waals surface area contributed by atoms with Crippen molar-refractivity contribution < 1.29 is 46.9 Å². The van der Waals surface area contributed by atoms with Crippen molar-refractivity contribution >= 4 is 50.1 Å². The third-order valence-corrected chi connectivity index (χ3v) is 15.1. The van der Waals surface area contributed by atoms with Gasteiger partial charge in [-0.25, -0.2) is 9.37 Å². The number of nitrogens with one attached hydrogen (secondary N) is 2. The van der Waals surface area contributed by atoms with Crippen LogP contribution in [0.3, 0.4) is 0 Å². The van der Waals surface area contributed by atoms with Gasteiger partial charge >= 0.3 is 0 Å². The Morgan fingerprint density at radius 1 is 0.705 bits per heavy atom. The van der Waals surface area contributed by atoms with Crippen LogP contribution in [0.1, 0.15) is 40.9 Å². The Labute approximate surface area is 460 Å². The van der Waals surface area contributed by atoms with Crippen LogP contribution in [-0.4, -0.2) is 149 Å². The number of hydrogen-bond donors (Lipinski definition) is 2. The summed E-state index contributed by atoms with van der Waals surface area (Å²) in [6.45, 7) is 20.1. The lowest BCUT2D eigenvalue weighted by Gasteiger charge is -2.27. The minimum atomic E-state index is -0.523. The minimum absolute atomic E-state index is 0.0187. The van der Waals surface area contributed by atoms with Gasteiger partial charge in [-0.3, -0.25) is 9.69 Å². The average molecular weight is 1090 g/mol. The van der Waals surface area contributed by atoms with Crippen LogP contribution in [0.4, 0.5) is 4.39 Å². The van der Waals surface area contributed by atoms with Crippen molar-refractivity contribution in [1.82, 2.24) is 34.8 Å². The van der Waals surface area contributed by atoms with Crippen molar-refractivity contribution in [3.8, 4) is 27.3 Å². The SMILES string of the molecule is CCn1c2ccc(CNCCOCCOCCOCCOCCOCCNC(=O)COc3ccc(CCc4nc5cc(-c6c(C)noc6C)ccc5n4CCN4CCOCC4)cc3F)cc2c2ccc(-c3cc(C)cs3)cc21. The summed E-state index contributed by atoms with van der Waals surface area (Å²) in [5.74, 6) is 0.825. The first-order chi connectivity index (χ1) is 38.2. The summed E-state index contributed by atoms with van der Waals surface area (Å²) >= 11 is 1.80. The smallest absolute Gasteiger partial charge is 0.258 e. The zero-order valence-electron chi connectivity index (χ0n) is 45.5. The van der Waals surface area contributed by atoms with Gasteiger partial charge in [-0.2, -0.15) is 0 Å². The first-order valence-corrected chi connectivity index (χ1v) is 28.2. The summed E-state index contributed by atoms with van der Waals surface area (Å²) in [7, 11) is 0. The fourth-order valence-electron chi connectivity index (χ4n) is 9.96. The molecule has 0 unspecified atom stereocenters. The summed E-state index contributed by atoms with van der Waals surface area (Å²) in [6.07, 6.45) is 1.19. The van der Waals surface area contributed by atoms with E-state index < -0.39 is 5.82 Å². The van der Waals surface area contributed by atoms with E-state index in [4.69, 9.17) is 42.7 Å². The molecule has 0 saturated carbocycles. The highest BCUT2D eigenvalue weighted by atomic mass is 32.1. The van der Waals surface area contributed by atoms with E-state index in [0.717, 1.165) is 104 Å². The number of hydrogen-bond acceptors (Lipinski definition) is 14. The summed E-state index contributed by atoms with van der Waals surface area (Å²) < 4.78 is 64.6. The van der Waals surface area contributed by atoms with Gasteiger partial charge in [0.25, 0.3) is 5.91 Å². The lowest BCUT2D eigenvalue weighted by Crippen LogP contribution is -2.38. The minimum Gasteiger partial charge on any atom is -0.481 e. The Balaban J connectivity index is 0.573. The van der Waals surface area contributed by atoms with Gasteiger partial charge in [0, 0.05) is 91.0 Å². The van der Waals surface area contributed by atoms with Crippen LogP contribution in [0.5, 0.6) is 5.75 Å². The van der Waals surface area contributed by atoms with Gasteiger partial charge in [0.2, 0.25) is 0 Å². The molecule has 1 aliphatic heterocycles. The maximum atomic E-state index is 15.2. The summed E-state index contributed by atoms with van der Waals surface area (Å²) in [6, 6.07) is 27.1. The van der Waals surface area contributed by atoms with Crippen molar-refractivity contribution in [3.05, 3.63) is 124 Å². The van der Waals surface area contributed by atoms with Gasteiger partial charge in [-0.15, -0.1) is 11.3 Å². The van der Waals surface area contributed by atoms with E-state index in [0.29, 0.717) is 78.9 Å². The summed E-state index contributed by atoms with van der Waals surface area (Å²) in [5.41, 5.74) is 12.0. The maximum absolute atomic E-state index is 15.2. The van der Waals surface area contributed by atoms with Crippen molar-refractivity contribution in [2.24, 2.45) is 0 Å². The van der Waals surface area contributed by atoms with Crippen LogP contribution in [0.2, 0.25) is 0 Å². The molecule has 18 heteroatoms. The molecule has 0 aliphatic carbocycles. The molecule has 16 nitrogen and oxygen atoms in total. The second-order valence-corrected chi connectivity index (χ2v) is 20.4. The topological polar surface area (TPSA) is 158 Å². The first-order valence-electron chi connectivity index (χ1n) is 27.3. The van der Waals surface area contributed by atoms with E-state index in [1.54, 1.807) is 17.4 Å². The molecule has 2 N–H and O–H groups in total. The molecule has 78 heavy (non-hydrogen) atoms. The van der Waals surface area contributed by atoms with E-state index >= 15 is 4.39 Å². The highest BCUT2D eigenvalue weighted by Gasteiger charge is 2.19. The van der Waals surface area contributed by atoms with Crippen LogP contribution < -0.4 is 15.4 Å². The normalized spacial score (nSPS) is 13.2. The van der Waals surface area contributed by atoms with E-state index in [2.05, 4.69) is 110 Å². The monoisotopic (exact) mass is 1090 g/mol. The number of imidazole rings is 1. The van der Waals surface area contributed by atoms with E-state index in [1.807, 2.05) is 19.9 Å². The van der Waals surface area contributed by atoms with Gasteiger partial charge in [0.1, 0.15) is 11.6 Å². The fraction of sp³-hybridized carbons (Fsp3) is 0.450. The molecule has 9 rings (SSSR count). The molecule has 0 atom stereocenters. The number of ether oxygens (including phenoxy) is 7. The van der Waals surface area contributed by atoms with Crippen LogP contribution in [-0.2, 0) is 65.7 Å². The molecule has 416 valence electrons. The predicted octanol–water partition coefficient (Wildman–Crippen LogP) is 9.10.